The maximum Gasteiger partial charge on any atom is 0.293 e. The SMILES string of the molecule is CCC[C@H]1[C@H]2C(=O)N(c3ccccc3[N+](=O)[O-])C(=O)[C@@H]2ON1c1ccccc1. The lowest BCUT2D eigenvalue weighted by Gasteiger charge is -2.28. The predicted molar refractivity (Wildman–Crippen MR) is 102 cm³/mol. The molecule has 0 radical (unpaired) electrons. The van der Waals surface area contributed by atoms with Gasteiger partial charge in [0.2, 0.25) is 5.91 Å². The summed E-state index contributed by atoms with van der Waals surface area (Å²) in [6, 6.07) is 14.8. The number of rotatable bonds is 5. The van der Waals surface area contributed by atoms with Gasteiger partial charge < -0.3 is 0 Å². The molecular formula is C20H19N3O5. The molecule has 2 amide bonds. The second kappa shape index (κ2) is 7.05. The second-order valence-electron chi connectivity index (χ2n) is 6.83. The first kappa shape index (κ1) is 18.1. The minimum absolute atomic E-state index is 0.0120. The van der Waals surface area contributed by atoms with Crippen LogP contribution >= 0.6 is 0 Å². The van der Waals surface area contributed by atoms with Crippen molar-refractivity contribution in [2.75, 3.05) is 9.96 Å². The second-order valence-corrected chi connectivity index (χ2v) is 6.83. The molecule has 2 fully saturated rings. The number of carbonyl (C=O) groups is 2. The van der Waals surface area contributed by atoms with E-state index >= 15 is 0 Å². The van der Waals surface area contributed by atoms with Crippen molar-refractivity contribution in [1.29, 1.82) is 0 Å². The van der Waals surface area contributed by atoms with Gasteiger partial charge in [-0.3, -0.25) is 24.5 Å². The van der Waals surface area contributed by atoms with Crippen LogP contribution in [0.15, 0.2) is 54.6 Å². The van der Waals surface area contributed by atoms with E-state index in [4.69, 9.17) is 4.84 Å². The quantitative estimate of drug-likeness (QED) is 0.449. The van der Waals surface area contributed by atoms with Crippen molar-refractivity contribution in [3.63, 3.8) is 0 Å². The van der Waals surface area contributed by atoms with Gasteiger partial charge in [0.05, 0.1) is 22.6 Å². The minimum atomic E-state index is -0.982. The number of nitro benzene ring substituents is 1. The number of carbonyl (C=O) groups excluding carboxylic acids is 2. The van der Waals surface area contributed by atoms with E-state index in [2.05, 4.69) is 0 Å². The molecule has 0 bridgehead atoms. The van der Waals surface area contributed by atoms with Crippen molar-refractivity contribution < 1.29 is 19.3 Å². The third-order valence-corrected chi connectivity index (χ3v) is 5.15. The number of fused-ring (bicyclic) bond motifs is 1. The summed E-state index contributed by atoms with van der Waals surface area (Å²) >= 11 is 0. The summed E-state index contributed by atoms with van der Waals surface area (Å²) in [7, 11) is 0. The van der Waals surface area contributed by atoms with E-state index in [1.54, 1.807) is 11.1 Å². The van der Waals surface area contributed by atoms with Crippen LogP contribution in [0.5, 0.6) is 0 Å². The Kier molecular flexibility index (Phi) is 4.56. The fourth-order valence-corrected chi connectivity index (χ4v) is 3.96. The minimum Gasteiger partial charge on any atom is -0.273 e. The van der Waals surface area contributed by atoms with Gasteiger partial charge >= 0.3 is 0 Å². The summed E-state index contributed by atoms with van der Waals surface area (Å²) in [4.78, 5) is 43.8. The van der Waals surface area contributed by atoms with Crippen LogP contribution in [0.2, 0.25) is 0 Å². The maximum atomic E-state index is 13.2. The first-order valence-electron chi connectivity index (χ1n) is 9.17. The van der Waals surface area contributed by atoms with Crippen LogP contribution in [0, 0.1) is 16.0 Å². The number of hydrogen-bond acceptors (Lipinski definition) is 6. The average molecular weight is 381 g/mol. The first-order valence-corrected chi connectivity index (χ1v) is 9.17. The van der Waals surface area contributed by atoms with Crippen molar-refractivity contribution in [1.82, 2.24) is 0 Å². The number of nitrogens with zero attached hydrogens (tertiary/aromatic N) is 3. The number of hydroxylamine groups is 1. The zero-order valence-corrected chi connectivity index (χ0v) is 15.2. The first-order chi connectivity index (χ1) is 13.5. The molecule has 2 aromatic rings. The molecule has 2 heterocycles. The van der Waals surface area contributed by atoms with Crippen molar-refractivity contribution in [2.45, 2.75) is 31.9 Å². The summed E-state index contributed by atoms with van der Waals surface area (Å²) in [6.07, 6.45) is 0.469. The Morgan fingerprint density at radius 3 is 2.39 bits per heavy atom. The molecule has 0 unspecified atom stereocenters. The standard InChI is InChI=1S/C20H19N3O5/c1-2-8-16-17-18(28-22(16)13-9-4-3-5-10-13)20(25)21(19(17)24)14-11-6-7-12-15(14)23(26)27/h3-7,9-12,16-18H,2,8H2,1H3/t16-,17+,18+/m0/s1. The monoisotopic (exact) mass is 381 g/mol. The van der Waals surface area contributed by atoms with Gasteiger partial charge in [-0.2, -0.15) is 0 Å². The summed E-state index contributed by atoms with van der Waals surface area (Å²) in [6.45, 7) is 2.00. The largest absolute Gasteiger partial charge is 0.293 e. The molecule has 3 atom stereocenters. The summed E-state index contributed by atoms with van der Waals surface area (Å²) < 4.78 is 0. The Morgan fingerprint density at radius 1 is 1.04 bits per heavy atom. The van der Waals surface area contributed by atoms with Gasteiger partial charge in [0.1, 0.15) is 5.69 Å². The molecule has 2 aliphatic heterocycles. The molecule has 144 valence electrons. The van der Waals surface area contributed by atoms with E-state index in [0.717, 1.165) is 17.0 Å². The Labute approximate surface area is 161 Å². The van der Waals surface area contributed by atoms with Gasteiger partial charge in [0, 0.05) is 6.07 Å². The van der Waals surface area contributed by atoms with Crippen LogP contribution in [0.1, 0.15) is 19.8 Å². The lowest BCUT2D eigenvalue weighted by molar-refractivity contribution is -0.384. The van der Waals surface area contributed by atoms with Gasteiger partial charge in [-0.1, -0.05) is 43.7 Å². The molecule has 0 saturated carbocycles. The van der Waals surface area contributed by atoms with Crippen LogP contribution in [0.25, 0.3) is 0 Å². The van der Waals surface area contributed by atoms with E-state index in [0.29, 0.717) is 6.42 Å². The fraction of sp³-hybridized carbons (Fsp3) is 0.300. The predicted octanol–water partition coefficient (Wildman–Crippen LogP) is 3.07. The number of hydrogen-bond donors (Lipinski definition) is 0. The normalized spacial score (nSPS) is 24.0. The molecule has 2 aliphatic rings. The highest BCUT2D eigenvalue weighted by Gasteiger charge is 2.60. The summed E-state index contributed by atoms with van der Waals surface area (Å²) in [5, 5.41) is 13.0. The van der Waals surface area contributed by atoms with E-state index in [1.807, 2.05) is 37.3 Å². The van der Waals surface area contributed by atoms with Crippen LogP contribution in [-0.4, -0.2) is 28.9 Å². The molecule has 0 aromatic heterocycles. The molecule has 8 nitrogen and oxygen atoms in total. The molecule has 0 N–H and O–H groups in total. The molecule has 2 aromatic carbocycles. The highest BCUT2D eigenvalue weighted by molar-refractivity contribution is 6.24. The molecule has 0 spiro atoms. The zero-order chi connectivity index (χ0) is 19.8. The lowest BCUT2D eigenvalue weighted by atomic mass is 9.93. The maximum absolute atomic E-state index is 13.2. The van der Waals surface area contributed by atoms with Crippen LogP contribution in [0.3, 0.4) is 0 Å². The lowest BCUT2D eigenvalue weighted by Crippen LogP contribution is -2.40. The zero-order valence-electron chi connectivity index (χ0n) is 15.2. The Morgan fingerprint density at radius 2 is 1.71 bits per heavy atom. The van der Waals surface area contributed by atoms with Crippen LogP contribution < -0.4 is 9.96 Å². The topological polar surface area (TPSA) is 93.0 Å². The summed E-state index contributed by atoms with van der Waals surface area (Å²) in [5.41, 5.74) is 0.478. The van der Waals surface area contributed by atoms with Crippen molar-refractivity contribution in [3.8, 4) is 0 Å². The van der Waals surface area contributed by atoms with Crippen molar-refractivity contribution >= 4 is 28.9 Å². The van der Waals surface area contributed by atoms with Crippen LogP contribution in [0.4, 0.5) is 17.1 Å². The third-order valence-electron chi connectivity index (χ3n) is 5.15. The number of benzene rings is 2. The average Bonchev–Trinajstić information content (AvgIpc) is 3.19. The molecule has 2 saturated heterocycles. The van der Waals surface area contributed by atoms with Gasteiger partial charge in [-0.15, -0.1) is 0 Å². The fourth-order valence-electron chi connectivity index (χ4n) is 3.96. The van der Waals surface area contributed by atoms with E-state index in [-0.39, 0.29) is 17.4 Å². The summed E-state index contributed by atoms with van der Waals surface area (Å²) in [5.74, 6) is -1.72. The smallest absolute Gasteiger partial charge is 0.273 e. The Bertz CT molecular complexity index is 932. The molecular weight excluding hydrogens is 362 g/mol. The molecule has 0 aliphatic carbocycles. The number of imide groups is 1. The van der Waals surface area contributed by atoms with E-state index in [9.17, 15) is 19.7 Å². The highest BCUT2D eigenvalue weighted by Crippen LogP contribution is 2.43. The van der Waals surface area contributed by atoms with E-state index in [1.165, 1.54) is 18.2 Å². The van der Waals surface area contributed by atoms with Gasteiger partial charge in [0.25, 0.3) is 11.6 Å². The van der Waals surface area contributed by atoms with Gasteiger partial charge in [-0.05, 0) is 24.6 Å². The van der Waals surface area contributed by atoms with Crippen LogP contribution in [-0.2, 0) is 14.4 Å². The van der Waals surface area contributed by atoms with Crippen molar-refractivity contribution in [3.05, 3.63) is 64.7 Å². The molecule has 8 heteroatoms. The molecule has 4 rings (SSSR count). The van der Waals surface area contributed by atoms with Crippen molar-refractivity contribution in [2.24, 2.45) is 5.92 Å². The third kappa shape index (κ3) is 2.73. The van der Waals surface area contributed by atoms with Gasteiger partial charge in [0.15, 0.2) is 6.10 Å². The Balaban J connectivity index is 1.72. The number of anilines is 2. The molecule has 28 heavy (non-hydrogen) atoms. The van der Waals surface area contributed by atoms with E-state index < -0.39 is 28.8 Å². The number of nitro groups is 1. The Hall–Kier alpha value is -3.26. The number of para-hydroxylation sites is 3. The highest BCUT2D eigenvalue weighted by atomic mass is 16.7. The van der Waals surface area contributed by atoms with Gasteiger partial charge in [-0.25, -0.2) is 9.96 Å². The number of amides is 2.